The number of aromatic nitrogens is 2. The fourth-order valence-corrected chi connectivity index (χ4v) is 2.84. The van der Waals surface area contributed by atoms with Crippen molar-refractivity contribution in [1.82, 2.24) is 9.97 Å². The van der Waals surface area contributed by atoms with Gasteiger partial charge in [-0.15, -0.1) is 0 Å². The van der Waals surface area contributed by atoms with Gasteiger partial charge in [0.25, 0.3) is 0 Å². The Morgan fingerprint density at radius 2 is 1.96 bits per heavy atom. The Labute approximate surface area is 145 Å². The minimum Gasteiger partial charge on any atom is -0.495 e. The summed E-state index contributed by atoms with van der Waals surface area (Å²) in [7, 11) is 1.53. The van der Waals surface area contributed by atoms with Gasteiger partial charge in [-0.05, 0) is 31.4 Å². The van der Waals surface area contributed by atoms with Gasteiger partial charge in [0.1, 0.15) is 5.75 Å². The van der Waals surface area contributed by atoms with Gasteiger partial charge in [0.05, 0.1) is 17.7 Å². The summed E-state index contributed by atoms with van der Waals surface area (Å²) in [5.74, 6) is 0.856. The van der Waals surface area contributed by atoms with Gasteiger partial charge in [-0.2, -0.15) is 9.97 Å². The van der Waals surface area contributed by atoms with Gasteiger partial charge in [0.2, 0.25) is 17.6 Å². The SMILES string of the molecule is COc1ccccc1Nc1nc(N2CCCCC2)nc(N)c1[N+](=O)[O-]. The Morgan fingerprint density at radius 3 is 2.64 bits per heavy atom. The average molecular weight is 344 g/mol. The van der Waals surface area contributed by atoms with Crippen LogP contribution in [0.3, 0.4) is 0 Å². The molecule has 1 aliphatic heterocycles. The van der Waals surface area contributed by atoms with Crippen LogP contribution in [0.1, 0.15) is 19.3 Å². The molecule has 9 nitrogen and oxygen atoms in total. The van der Waals surface area contributed by atoms with Crippen molar-refractivity contribution < 1.29 is 9.66 Å². The molecular formula is C16H20N6O3. The van der Waals surface area contributed by atoms with Gasteiger partial charge in [-0.3, -0.25) is 10.1 Å². The van der Waals surface area contributed by atoms with Gasteiger partial charge in [0.15, 0.2) is 0 Å². The summed E-state index contributed by atoms with van der Waals surface area (Å²) in [5, 5.41) is 14.4. The fourth-order valence-electron chi connectivity index (χ4n) is 2.84. The zero-order chi connectivity index (χ0) is 17.8. The minimum absolute atomic E-state index is 0.0579. The van der Waals surface area contributed by atoms with Crippen LogP contribution in [0.4, 0.5) is 29.0 Å². The Bertz CT molecular complexity index is 776. The van der Waals surface area contributed by atoms with Crippen LogP contribution >= 0.6 is 0 Å². The van der Waals surface area contributed by atoms with Gasteiger partial charge in [-0.25, -0.2) is 0 Å². The van der Waals surface area contributed by atoms with E-state index in [1.54, 1.807) is 18.2 Å². The van der Waals surface area contributed by atoms with Crippen LogP contribution in [0.15, 0.2) is 24.3 Å². The number of nitrogen functional groups attached to an aromatic ring is 1. The molecule has 3 rings (SSSR count). The molecule has 0 aliphatic carbocycles. The molecule has 0 saturated carbocycles. The Morgan fingerprint density at radius 1 is 1.24 bits per heavy atom. The number of methoxy groups -OCH3 is 1. The first-order valence-electron chi connectivity index (χ1n) is 8.07. The minimum atomic E-state index is -0.576. The number of benzene rings is 1. The van der Waals surface area contributed by atoms with Crippen molar-refractivity contribution in [3.05, 3.63) is 34.4 Å². The molecule has 1 fully saturated rings. The highest BCUT2D eigenvalue weighted by Gasteiger charge is 2.26. The third kappa shape index (κ3) is 3.54. The first kappa shape index (κ1) is 16.7. The molecule has 2 heterocycles. The summed E-state index contributed by atoms with van der Waals surface area (Å²) in [6, 6.07) is 7.12. The largest absolute Gasteiger partial charge is 0.495 e. The molecule has 3 N–H and O–H groups in total. The van der Waals surface area contributed by atoms with Gasteiger partial charge < -0.3 is 20.7 Å². The van der Waals surface area contributed by atoms with E-state index < -0.39 is 4.92 Å². The van der Waals surface area contributed by atoms with E-state index in [-0.39, 0.29) is 17.3 Å². The number of nitrogens with one attached hydrogen (secondary N) is 1. The number of rotatable bonds is 5. The number of hydrogen-bond acceptors (Lipinski definition) is 8. The van der Waals surface area contributed by atoms with Gasteiger partial charge >= 0.3 is 5.69 Å². The number of para-hydroxylation sites is 2. The highest BCUT2D eigenvalue weighted by atomic mass is 16.6. The lowest BCUT2D eigenvalue weighted by Gasteiger charge is -2.27. The van der Waals surface area contributed by atoms with Crippen LogP contribution in [0, 0.1) is 10.1 Å². The monoisotopic (exact) mass is 344 g/mol. The third-order valence-corrected chi connectivity index (χ3v) is 4.08. The Balaban J connectivity index is 2.02. The number of ether oxygens (including phenoxy) is 1. The molecule has 9 heteroatoms. The summed E-state index contributed by atoms with van der Waals surface area (Å²) in [5.41, 5.74) is 6.09. The van der Waals surface area contributed by atoms with Gasteiger partial charge in [0, 0.05) is 13.1 Å². The molecule has 0 bridgehead atoms. The highest BCUT2D eigenvalue weighted by Crippen LogP contribution is 2.35. The van der Waals surface area contributed by atoms with E-state index in [1.165, 1.54) is 7.11 Å². The topological polar surface area (TPSA) is 119 Å². The first-order chi connectivity index (χ1) is 12.1. The lowest BCUT2D eigenvalue weighted by atomic mass is 10.1. The van der Waals surface area contributed by atoms with Crippen molar-refractivity contribution in [1.29, 1.82) is 0 Å². The van der Waals surface area contributed by atoms with Crippen LogP contribution in [0.5, 0.6) is 5.75 Å². The van der Waals surface area contributed by atoms with Crippen LogP contribution in [-0.4, -0.2) is 35.1 Å². The molecular weight excluding hydrogens is 324 g/mol. The van der Waals surface area contributed by atoms with E-state index in [2.05, 4.69) is 15.3 Å². The van der Waals surface area contributed by atoms with E-state index in [0.717, 1.165) is 32.4 Å². The van der Waals surface area contributed by atoms with E-state index >= 15 is 0 Å². The van der Waals surface area contributed by atoms with Crippen molar-refractivity contribution in [2.24, 2.45) is 0 Å². The summed E-state index contributed by atoms with van der Waals surface area (Å²) in [4.78, 5) is 21.4. The first-order valence-corrected chi connectivity index (χ1v) is 8.07. The molecule has 0 amide bonds. The smallest absolute Gasteiger partial charge is 0.353 e. The fraction of sp³-hybridized carbons (Fsp3) is 0.375. The van der Waals surface area contributed by atoms with E-state index in [0.29, 0.717) is 17.4 Å². The Hall–Kier alpha value is -3.10. The van der Waals surface area contributed by atoms with Crippen LogP contribution < -0.4 is 20.7 Å². The standard InChI is InChI=1S/C16H20N6O3/c1-25-12-8-4-3-7-11(12)18-15-13(22(23)24)14(17)19-16(20-15)21-9-5-2-6-10-21/h3-4,7-8H,2,5-6,9-10H2,1H3,(H3,17,18,19,20). The van der Waals surface area contributed by atoms with Crippen molar-refractivity contribution in [2.45, 2.75) is 19.3 Å². The normalized spacial score (nSPS) is 14.2. The average Bonchev–Trinajstić information content (AvgIpc) is 2.62. The van der Waals surface area contributed by atoms with Crippen LogP contribution in [0.2, 0.25) is 0 Å². The van der Waals surface area contributed by atoms with E-state index in [9.17, 15) is 10.1 Å². The predicted octanol–water partition coefficient (Wildman–Crippen LogP) is 2.71. The van der Waals surface area contributed by atoms with Crippen molar-refractivity contribution >= 4 is 29.0 Å². The molecule has 0 radical (unpaired) electrons. The molecule has 1 aromatic carbocycles. The van der Waals surface area contributed by atoms with Crippen LogP contribution in [-0.2, 0) is 0 Å². The quantitative estimate of drug-likeness (QED) is 0.627. The summed E-state index contributed by atoms with van der Waals surface area (Å²) in [6.07, 6.45) is 3.23. The zero-order valence-corrected chi connectivity index (χ0v) is 13.9. The second-order valence-corrected chi connectivity index (χ2v) is 5.74. The maximum Gasteiger partial charge on any atom is 0.353 e. The number of nitrogens with two attached hydrogens (primary N) is 1. The second-order valence-electron chi connectivity index (χ2n) is 5.74. The molecule has 1 aliphatic rings. The van der Waals surface area contributed by atoms with Gasteiger partial charge in [-0.1, -0.05) is 12.1 Å². The van der Waals surface area contributed by atoms with E-state index in [1.807, 2.05) is 11.0 Å². The lowest BCUT2D eigenvalue weighted by Crippen LogP contribution is -2.31. The van der Waals surface area contributed by atoms with E-state index in [4.69, 9.17) is 10.5 Å². The maximum atomic E-state index is 11.4. The summed E-state index contributed by atoms with van der Waals surface area (Å²) in [6.45, 7) is 1.62. The highest BCUT2D eigenvalue weighted by molar-refractivity contribution is 5.76. The number of nitrogens with zero attached hydrogens (tertiary/aromatic N) is 4. The molecule has 0 spiro atoms. The number of anilines is 4. The maximum absolute atomic E-state index is 11.4. The molecule has 25 heavy (non-hydrogen) atoms. The lowest BCUT2D eigenvalue weighted by molar-refractivity contribution is -0.383. The van der Waals surface area contributed by atoms with Crippen molar-refractivity contribution in [2.75, 3.05) is 36.1 Å². The molecule has 0 unspecified atom stereocenters. The number of piperidine rings is 1. The zero-order valence-electron chi connectivity index (χ0n) is 13.9. The van der Waals surface area contributed by atoms with Crippen molar-refractivity contribution in [3.63, 3.8) is 0 Å². The molecule has 2 aromatic rings. The summed E-state index contributed by atoms with van der Waals surface area (Å²) >= 11 is 0. The molecule has 132 valence electrons. The number of nitro groups is 1. The van der Waals surface area contributed by atoms with Crippen LogP contribution in [0.25, 0.3) is 0 Å². The molecule has 1 saturated heterocycles. The second kappa shape index (κ2) is 7.20. The number of hydrogen-bond donors (Lipinski definition) is 2. The molecule has 1 aromatic heterocycles. The third-order valence-electron chi connectivity index (χ3n) is 4.08. The Kier molecular flexibility index (Phi) is 4.82. The predicted molar refractivity (Wildman–Crippen MR) is 95.4 cm³/mol. The summed E-state index contributed by atoms with van der Waals surface area (Å²) < 4.78 is 5.28. The molecule has 0 atom stereocenters. The van der Waals surface area contributed by atoms with Crippen molar-refractivity contribution in [3.8, 4) is 5.75 Å².